The van der Waals surface area contributed by atoms with Crippen LogP contribution >= 0.6 is 11.6 Å². The number of hydrogen-bond acceptors (Lipinski definition) is 1. The Balaban J connectivity index is 2.29. The smallest absolute Gasteiger partial charge is 0.122 e. The minimum Gasteiger partial charge on any atom is -0.493 e. The van der Waals surface area contributed by atoms with E-state index in [0.717, 1.165) is 18.8 Å². The summed E-state index contributed by atoms with van der Waals surface area (Å²) < 4.78 is 5.44. The molecule has 0 atom stereocenters. The second-order valence-corrected chi connectivity index (χ2v) is 3.86. The lowest BCUT2D eigenvalue weighted by molar-refractivity contribution is 0.357. The fraction of sp³-hybridized carbons (Fsp3) is 0.333. The Hall–Kier alpha value is -0.950. The SMILES string of the molecule is CC(=Cc1ccc2c(c1)CCO2)CCl. The molecule has 0 spiro atoms. The largest absolute Gasteiger partial charge is 0.493 e. The molecule has 0 saturated carbocycles. The highest BCUT2D eigenvalue weighted by molar-refractivity contribution is 6.19. The average molecular weight is 209 g/mol. The molecule has 2 heteroatoms. The van der Waals surface area contributed by atoms with Gasteiger partial charge in [0.15, 0.2) is 0 Å². The van der Waals surface area contributed by atoms with Crippen LogP contribution in [0, 0.1) is 0 Å². The Bertz CT molecular complexity index is 369. The van der Waals surface area contributed by atoms with Crippen molar-refractivity contribution >= 4 is 17.7 Å². The van der Waals surface area contributed by atoms with Crippen molar-refractivity contribution in [1.82, 2.24) is 0 Å². The van der Waals surface area contributed by atoms with E-state index in [1.807, 2.05) is 13.0 Å². The number of benzene rings is 1. The second kappa shape index (κ2) is 4.05. The fourth-order valence-corrected chi connectivity index (χ4v) is 1.70. The van der Waals surface area contributed by atoms with E-state index in [4.69, 9.17) is 16.3 Å². The summed E-state index contributed by atoms with van der Waals surface area (Å²) in [5.41, 5.74) is 3.71. The van der Waals surface area contributed by atoms with Gasteiger partial charge in [0.2, 0.25) is 0 Å². The summed E-state index contributed by atoms with van der Waals surface area (Å²) in [7, 11) is 0. The summed E-state index contributed by atoms with van der Waals surface area (Å²) >= 11 is 5.73. The van der Waals surface area contributed by atoms with Gasteiger partial charge in [-0.1, -0.05) is 17.7 Å². The summed E-state index contributed by atoms with van der Waals surface area (Å²) in [6.07, 6.45) is 3.14. The first kappa shape index (κ1) is 9.60. The van der Waals surface area contributed by atoms with Crippen molar-refractivity contribution < 1.29 is 4.74 Å². The summed E-state index contributed by atoms with van der Waals surface area (Å²) in [6, 6.07) is 6.29. The second-order valence-electron chi connectivity index (χ2n) is 3.59. The average Bonchev–Trinajstić information content (AvgIpc) is 2.64. The molecule has 0 radical (unpaired) electrons. The molecule has 14 heavy (non-hydrogen) atoms. The van der Waals surface area contributed by atoms with Crippen LogP contribution < -0.4 is 4.74 Å². The normalized spacial score (nSPS) is 15.1. The van der Waals surface area contributed by atoms with Gasteiger partial charge in [-0.05, 0) is 30.2 Å². The summed E-state index contributed by atoms with van der Waals surface area (Å²) in [5.74, 6) is 1.62. The number of alkyl halides is 1. The molecule has 0 unspecified atom stereocenters. The van der Waals surface area contributed by atoms with E-state index in [9.17, 15) is 0 Å². The molecule has 0 amide bonds. The molecule has 0 saturated heterocycles. The van der Waals surface area contributed by atoms with Gasteiger partial charge >= 0.3 is 0 Å². The maximum absolute atomic E-state index is 5.73. The molecule has 0 fully saturated rings. The minimum absolute atomic E-state index is 0.591. The van der Waals surface area contributed by atoms with E-state index in [0.29, 0.717) is 5.88 Å². The third-order valence-electron chi connectivity index (χ3n) is 2.34. The first-order valence-electron chi connectivity index (χ1n) is 4.78. The number of allylic oxidation sites excluding steroid dienone is 1. The van der Waals surface area contributed by atoms with Crippen molar-refractivity contribution in [2.45, 2.75) is 13.3 Å². The standard InChI is InChI=1S/C12H13ClO/c1-9(8-13)6-10-2-3-12-11(7-10)4-5-14-12/h2-3,6-7H,4-5,8H2,1H3. The third-order valence-corrected chi connectivity index (χ3v) is 2.76. The number of hydrogen-bond donors (Lipinski definition) is 0. The van der Waals surface area contributed by atoms with Gasteiger partial charge < -0.3 is 4.74 Å². The highest BCUT2D eigenvalue weighted by Crippen LogP contribution is 2.26. The van der Waals surface area contributed by atoms with Gasteiger partial charge in [-0.2, -0.15) is 0 Å². The summed E-state index contributed by atoms with van der Waals surface area (Å²) in [6.45, 7) is 2.85. The molecule has 1 aromatic rings. The lowest BCUT2D eigenvalue weighted by Crippen LogP contribution is -1.85. The molecule has 74 valence electrons. The van der Waals surface area contributed by atoms with E-state index in [1.54, 1.807) is 0 Å². The van der Waals surface area contributed by atoms with Gasteiger partial charge in [-0.15, -0.1) is 11.6 Å². The molecule has 1 aromatic carbocycles. The number of rotatable bonds is 2. The van der Waals surface area contributed by atoms with Crippen molar-refractivity contribution in [2.24, 2.45) is 0 Å². The molecular formula is C12H13ClO. The van der Waals surface area contributed by atoms with Gasteiger partial charge in [-0.25, -0.2) is 0 Å². The lowest BCUT2D eigenvalue weighted by atomic mass is 10.1. The van der Waals surface area contributed by atoms with Crippen molar-refractivity contribution in [1.29, 1.82) is 0 Å². The zero-order chi connectivity index (χ0) is 9.97. The molecule has 1 nitrogen and oxygen atoms in total. The number of fused-ring (bicyclic) bond motifs is 1. The molecule has 0 aromatic heterocycles. The van der Waals surface area contributed by atoms with Gasteiger partial charge in [0, 0.05) is 12.3 Å². The molecule has 0 bridgehead atoms. The Morgan fingerprint density at radius 2 is 2.43 bits per heavy atom. The summed E-state index contributed by atoms with van der Waals surface area (Å²) in [5, 5.41) is 0. The van der Waals surface area contributed by atoms with Gasteiger partial charge in [0.05, 0.1) is 6.61 Å². The fourth-order valence-electron chi connectivity index (χ4n) is 1.62. The highest BCUT2D eigenvalue weighted by atomic mass is 35.5. The molecule has 0 aliphatic carbocycles. The van der Waals surface area contributed by atoms with Crippen LogP contribution in [0.4, 0.5) is 0 Å². The topological polar surface area (TPSA) is 9.23 Å². The molecule has 1 aliphatic heterocycles. The van der Waals surface area contributed by atoms with Gasteiger partial charge in [-0.3, -0.25) is 0 Å². The number of ether oxygens (including phenoxy) is 1. The van der Waals surface area contributed by atoms with Crippen LogP contribution in [-0.2, 0) is 6.42 Å². The monoisotopic (exact) mass is 208 g/mol. The van der Waals surface area contributed by atoms with Crippen LogP contribution in [0.1, 0.15) is 18.1 Å². The lowest BCUT2D eigenvalue weighted by Gasteiger charge is -2.00. The molecule has 2 rings (SSSR count). The Morgan fingerprint density at radius 1 is 1.57 bits per heavy atom. The molecular weight excluding hydrogens is 196 g/mol. The number of halogens is 1. The molecule has 1 aliphatic rings. The molecule has 1 heterocycles. The Labute approximate surface area is 89.3 Å². The van der Waals surface area contributed by atoms with Crippen molar-refractivity contribution in [3.63, 3.8) is 0 Å². The first-order valence-corrected chi connectivity index (χ1v) is 5.32. The van der Waals surface area contributed by atoms with Crippen LogP contribution in [0.3, 0.4) is 0 Å². The zero-order valence-corrected chi connectivity index (χ0v) is 8.97. The predicted octanol–water partition coefficient (Wildman–Crippen LogP) is 3.26. The molecule has 0 N–H and O–H groups in total. The Morgan fingerprint density at radius 3 is 3.21 bits per heavy atom. The highest BCUT2D eigenvalue weighted by Gasteiger charge is 2.10. The first-order chi connectivity index (χ1) is 6.79. The Kier molecular flexibility index (Phi) is 2.78. The van der Waals surface area contributed by atoms with Crippen molar-refractivity contribution in [3.8, 4) is 5.75 Å². The quantitative estimate of drug-likeness (QED) is 0.678. The van der Waals surface area contributed by atoms with Crippen molar-refractivity contribution in [2.75, 3.05) is 12.5 Å². The zero-order valence-electron chi connectivity index (χ0n) is 8.22. The maximum Gasteiger partial charge on any atom is 0.122 e. The van der Waals surface area contributed by atoms with E-state index < -0.39 is 0 Å². The van der Waals surface area contributed by atoms with Crippen LogP contribution in [0.5, 0.6) is 5.75 Å². The van der Waals surface area contributed by atoms with E-state index >= 15 is 0 Å². The predicted molar refractivity (Wildman–Crippen MR) is 60.0 cm³/mol. The van der Waals surface area contributed by atoms with Crippen LogP contribution in [0.25, 0.3) is 6.08 Å². The van der Waals surface area contributed by atoms with Crippen LogP contribution in [0.2, 0.25) is 0 Å². The van der Waals surface area contributed by atoms with Crippen LogP contribution in [-0.4, -0.2) is 12.5 Å². The van der Waals surface area contributed by atoms with Gasteiger partial charge in [0.1, 0.15) is 5.75 Å². The van der Waals surface area contributed by atoms with Crippen LogP contribution in [0.15, 0.2) is 23.8 Å². The summed E-state index contributed by atoms with van der Waals surface area (Å²) in [4.78, 5) is 0. The maximum atomic E-state index is 5.73. The minimum atomic E-state index is 0.591. The van der Waals surface area contributed by atoms with E-state index in [-0.39, 0.29) is 0 Å². The third kappa shape index (κ3) is 1.93. The van der Waals surface area contributed by atoms with Gasteiger partial charge in [0.25, 0.3) is 0 Å². The van der Waals surface area contributed by atoms with E-state index in [2.05, 4.69) is 18.2 Å². The van der Waals surface area contributed by atoms with E-state index in [1.165, 1.54) is 16.7 Å². The van der Waals surface area contributed by atoms with Crippen molar-refractivity contribution in [3.05, 3.63) is 34.9 Å².